The van der Waals surface area contributed by atoms with Crippen LogP contribution in [0.2, 0.25) is 0 Å². The Kier molecular flexibility index (Phi) is 6.30. The minimum Gasteiger partial charge on any atom is -0.438 e. The van der Waals surface area contributed by atoms with E-state index in [2.05, 4.69) is 4.98 Å². The molecule has 0 amide bonds. The minimum absolute atomic E-state index is 0.0441. The molecule has 0 saturated heterocycles. The quantitative estimate of drug-likeness (QED) is 0.378. The Labute approximate surface area is 197 Å². The Hall–Kier alpha value is -4.22. The van der Waals surface area contributed by atoms with Gasteiger partial charge >= 0.3 is 0 Å². The highest BCUT2D eigenvalue weighted by Gasteiger charge is 2.23. The molecule has 0 radical (unpaired) electrons. The monoisotopic (exact) mass is 471 g/mol. The Bertz CT molecular complexity index is 1600. The average molecular weight is 472 g/mol. The molecule has 0 saturated carbocycles. The van der Waals surface area contributed by atoms with Crippen LogP contribution in [-0.4, -0.2) is 17.8 Å². The highest BCUT2D eigenvalue weighted by atomic mass is 32.2. The van der Waals surface area contributed by atoms with E-state index in [9.17, 15) is 18.5 Å². The molecule has 2 aromatic carbocycles. The van der Waals surface area contributed by atoms with Crippen LogP contribution in [0.4, 0.5) is 0 Å². The molecule has 0 N–H and O–H groups in total. The summed E-state index contributed by atoms with van der Waals surface area (Å²) in [6, 6.07) is 20.1. The SMILES string of the molecule is CCc1ccc(Oc2nc3ccccn3c(=O)c2C=C(C#N)S(=O)(=O)c2ccc(C)cc2)cc1. The highest BCUT2D eigenvalue weighted by molar-refractivity contribution is 7.95. The summed E-state index contributed by atoms with van der Waals surface area (Å²) in [5, 5.41) is 9.71. The van der Waals surface area contributed by atoms with Crippen LogP contribution >= 0.6 is 0 Å². The molecule has 0 bridgehead atoms. The highest BCUT2D eigenvalue weighted by Crippen LogP contribution is 2.27. The van der Waals surface area contributed by atoms with Crippen LogP contribution in [0.3, 0.4) is 0 Å². The number of fused-ring (bicyclic) bond motifs is 1. The van der Waals surface area contributed by atoms with Gasteiger partial charge in [0.2, 0.25) is 15.7 Å². The molecule has 8 heteroatoms. The first-order chi connectivity index (χ1) is 16.3. The van der Waals surface area contributed by atoms with Gasteiger partial charge in [0.05, 0.1) is 4.90 Å². The molecule has 2 heterocycles. The van der Waals surface area contributed by atoms with Gasteiger partial charge in [0.1, 0.15) is 27.9 Å². The van der Waals surface area contributed by atoms with Gasteiger partial charge < -0.3 is 4.74 Å². The molecule has 4 rings (SSSR count). The lowest BCUT2D eigenvalue weighted by Crippen LogP contribution is -2.19. The summed E-state index contributed by atoms with van der Waals surface area (Å²) in [5.74, 6) is 0.339. The van der Waals surface area contributed by atoms with E-state index in [-0.39, 0.29) is 16.3 Å². The molecular weight excluding hydrogens is 450 g/mol. The molecule has 7 nitrogen and oxygen atoms in total. The fourth-order valence-corrected chi connectivity index (χ4v) is 4.48. The maximum Gasteiger partial charge on any atom is 0.269 e. The summed E-state index contributed by atoms with van der Waals surface area (Å²) in [6.07, 6.45) is 3.40. The van der Waals surface area contributed by atoms with Crippen molar-refractivity contribution in [3.05, 3.63) is 105 Å². The summed E-state index contributed by atoms with van der Waals surface area (Å²) in [7, 11) is -4.17. The van der Waals surface area contributed by atoms with Crippen molar-refractivity contribution in [2.75, 3.05) is 0 Å². The largest absolute Gasteiger partial charge is 0.438 e. The topological polar surface area (TPSA) is 102 Å². The molecule has 0 spiro atoms. The second-order valence-corrected chi connectivity index (χ2v) is 9.52. The van der Waals surface area contributed by atoms with E-state index in [1.54, 1.807) is 48.5 Å². The molecule has 0 aliphatic heterocycles. The lowest BCUT2D eigenvalue weighted by Gasteiger charge is -2.11. The minimum atomic E-state index is -4.17. The number of pyridine rings is 1. The molecular formula is C26H21N3O4S. The van der Waals surface area contributed by atoms with E-state index in [0.717, 1.165) is 23.6 Å². The maximum atomic E-state index is 13.3. The van der Waals surface area contributed by atoms with Crippen molar-refractivity contribution < 1.29 is 13.2 Å². The van der Waals surface area contributed by atoms with Gasteiger partial charge in [-0.15, -0.1) is 0 Å². The number of nitrogens with zero attached hydrogens (tertiary/aromatic N) is 3. The number of aromatic nitrogens is 2. The molecule has 170 valence electrons. The molecule has 0 atom stereocenters. The first-order valence-electron chi connectivity index (χ1n) is 10.5. The Morgan fingerprint density at radius 1 is 1.09 bits per heavy atom. The van der Waals surface area contributed by atoms with Crippen LogP contribution in [0, 0.1) is 18.3 Å². The van der Waals surface area contributed by atoms with Crippen LogP contribution < -0.4 is 10.3 Å². The van der Waals surface area contributed by atoms with Crippen molar-refractivity contribution in [3.8, 4) is 17.7 Å². The summed E-state index contributed by atoms with van der Waals surface area (Å²) in [4.78, 5) is 17.1. The Morgan fingerprint density at radius 3 is 2.44 bits per heavy atom. The van der Waals surface area contributed by atoms with Gasteiger partial charge in [-0.05, 0) is 61.4 Å². The van der Waals surface area contributed by atoms with Crippen molar-refractivity contribution in [1.29, 1.82) is 5.26 Å². The zero-order valence-corrected chi connectivity index (χ0v) is 19.4. The van der Waals surface area contributed by atoms with E-state index in [4.69, 9.17) is 4.74 Å². The van der Waals surface area contributed by atoms with Gasteiger partial charge in [-0.25, -0.2) is 8.42 Å². The van der Waals surface area contributed by atoms with Gasteiger partial charge in [-0.3, -0.25) is 9.20 Å². The van der Waals surface area contributed by atoms with Crippen molar-refractivity contribution in [3.63, 3.8) is 0 Å². The molecule has 2 aromatic heterocycles. The van der Waals surface area contributed by atoms with Crippen molar-refractivity contribution in [2.45, 2.75) is 25.2 Å². The fourth-order valence-electron chi connectivity index (χ4n) is 3.33. The molecule has 34 heavy (non-hydrogen) atoms. The van der Waals surface area contributed by atoms with E-state index in [0.29, 0.717) is 11.4 Å². The second kappa shape index (κ2) is 9.33. The summed E-state index contributed by atoms with van der Waals surface area (Å²) in [5.41, 5.74) is 1.61. The third-order valence-corrected chi connectivity index (χ3v) is 6.97. The normalized spacial score (nSPS) is 11.9. The summed E-state index contributed by atoms with van der Waals surface area (Å²) in [6.45, 7) is 3.86. The Morgan fingerprint density at radius 2 is 1.79 bits per heavy atom. The molecule has 0 aliphatic rings. The number of benzene rings is 2. The predicted octanol–water partition coefficient (Wildman–Crippen LogP) is 4.70. The van der Waals surface area contributed by atoms with Crippen molar-refractivity contribution in [1.82, 2.24) is 9.38 Å². The fraction of sp³-hybridized carbons (Fsp3) is 0.115. The predicted molar refractivity (Wildman–Crippen MR) is 129 cm³/mol. The van der Waals surface area contributed by atoms with E-state index >= 15 is 0 Å². The van der Waals surface area contributed by atoms with Crippen LogP contribution in [0.25, 0.3) is 11.7 Å². The molecule has 4 aromatic rings. The number of nitriles is 1. The summed E-state index contributed by atoms with van der Waals surface area (Å²) < 4.78 is 33.4. The Balaban J connectivity index is 1.90. The first kappa shape index (κ1) is 23.0. The van der Waals surface area contributed by atoms with Gasteiger partial charge in [0.25, 0.3) is 5.56 Å². The number of aryl methyl sites for hydroxylation is 2. The van der Waals surface area contributed by atoms with Crippen LogP contribution in [0.1, 0.15) is 23.6 Å². The standard InChI is InChI=1S/C26H21N3O4S/c1-3-19-9-11-20(12-10-19)33-25-23(26(30)29-15-5-4-6-24(29)28-25)16-22(17-27)34(31,32)21-13-7-18(2)8-14-21/h4-16H,3H2,1-2H3. The third kappa shape index (κ3) is 4.47. The zero-order chi connectivity index (χ0) is 24.3. The lowest BCUT2D eigenvalue weighted by molar-refractivity contribution is 0.461. The lowest BCUT2D eigenvalue weighted by atomic mass is 10.2. The number of allylic oxidation sites excluding steroid dienone is 1. The van der Waals surface area contributed by atoms with Crippen LogP contribution in [0.15, 0.2) is 87.5 Å². The van der Waals surface area contributed by atoms with Crippen molar-refractivity contribution >= 4 is 21.6 Å². The van der Waals surface area contributed by atoms with E-state index in [1.807, 2.05) is 26.0 Å². The van der Waals surface area contributed by atoms with Crippen molar-refractivity contribution in [2.24, 2.45) is 0 Å². The summed E-state index contributed by atoms with van der Waals surface area (Å²) >= 11 is 0. The average Bonchev–Trinajstić information content (AvgIpc) is 2.84. The number of hydrogen-bond donors (Lipinski definition) is 0. The molecule has 0 unspecified atom stereocenters. The number of sulfone groups is 1. The van der Waals surface area contributed by atoms with Gasteiger partial charge in [-0.2, -0.15) is 10.2 Å². The van der Waals surface area contributed by atoms with Crippen LogP contribution in [-0.2, 0) is 16.3 Å². The third-order valence-electron chi connectivity index (χ3n) is 5.29. The molecule has 0 fully saturated rings. The molecule has 0 aliphatic carbocycles. The van der Waals surface area contributed by atoms with Gasteiger partial charge in [0.15, 0.2) is 0 Å². The van der Waals surface area contributed by atoms with Gasteiger partial charge in [-0.1, -0.05) is 42.8 Å². The number of ether oxygens (including phenoxy) is 1. The van der Waals surface area contributed by atoms with Gasteiger partial charge in [0, 0.05) is 6.20 Å². The van der Waals surface area contributed by atoms with E-state index in [1.165, 1.54) is 22.7 Å². The second-order valence-electron chi connectivity index (χ2n) is 7.60. The maximum absolute atomic E-state index is 13.3. The number of hydrogen-bond acceptors (Lipinski definition) is 6. The zero-order valence-electron chi connectivity index (χ0n) is 18.6. The number of rotatable bonds is 6. The first-order valence-corrected chi connectivity index (χ1v) is 12.0. The van der Waals surface area contributed by atoms with E-state index < -0.39 is 20.3 Å². The van der Waals surface area contributed by atoms with Crippen LogP contribution in [0.5, 0.6) is 11.6 Å². The smallest absolute Gasteiger partial charge is 0.269 e.